The summed E-state index contributed by atoms with van der Waals surface area (Å²) in [5, 5.41) is 0.596. The van der Waals surface area contributed by atoms with Gasteiger partial charge in [-0.2, -0.15) is 0 Å². The summed E-state index contributed by atoms with van der Waals surface area (Å²) in [4.78, 5) is 21.0. The van der Waals surface area contributed by atoms with E-state index in [1.54, 1.807) is 25.1 Å². The second-order valence-electron chi connectivity index (χ2n) is 6.19. The van der Waals surface area contributed by atoms with Crippen molar-refractivity contribution in [2.45, 2.75) is 20.0 Å². The Hall–Kier alpha value is -2.27. The Morgan fingerprint density at radius 3 is 2.64 bits per heavy atom. The molecule has 0 radical (unpaired) electrons. The summed E-state index contributed by atoms with van der Waals surface area (Å²) < 4.78 is 5.74. The van der Waals surface area contributed by atoms with Gasteiger partial charge in [0.2, 0.25) is 0 Å². The Morgan fingerprint density at radius 2 is 1.96 bits per heavy atom. The number of carbonyl (C=O) groups is 1. The van der Waals surface area contributed by atoms with Crippen molar-refractivity contribution in [2.75, 3.05) is 31.1 Å². The number of nitrogens with zero attached hydrogens (tertiary/aromatic N) is 3. The lowest BCUT2D eigenvalue weighted by molar-refractivity contribution is -0.138. The number of halogens is 1. The maximum absolute atomic E-state index is 12.6. The Kier molecular flexibility index (Phi) is 5.43. The van der Waals surface area contributed by atoms with Crippen LogP contribution in [0.1, 0.15) is 12.6 Å². The molecule has 1 aliphatic rings. The van der Waals surface area contributed by atoms with Gasteiger partial charge in [0.25, 0.3) is 5.91 Å². The average Bonchev–Trinajstić information content (AvgIpc) is 2.61. The molecule has 2 aromatic rings. The van der Waals surface area contributed by atoms with Crippen LogP contribution in [0, 0.1) is 6.92 Å². The zero-order valence-corrected chi connectivity index (χ0v) is 15.2. The Morgan fingerprint density at radius 1 is 1.20 bits per heavy atom. The first-order chi connectivity index (χ1) is 12.0. The highest BCUT2D eigenvalue weighted by molar-refractivity contribution is 6.30. The van der Waals surface area contributed by atoms with Gasteiger partial charge in [0.1, 0.15) is 5.75 Å². The Labute approximate surface area is 153 Å². The molecule has 0 N–H and O–H groups in total. The molecule has 0 saturated carbocycles. The first-order valence-corrected chi connectivity index (χ1v) is 8.79. The molecule has 1 aromatic carbocycles. The topological polar surface area (TPSA) is 45.7 Å². The van der Waals surface area contributed by atoms with Gasteiger partial charge in [0.05, 0.1) is 0 Å². The zero-order valence-electron chi connectivity index (χ0n) is 14.5. The van der Waals surface area contributed by atoms with Crippen molar-refractivity contribution >= 4 is 23.2 Å². The largest absolute Gasteiger partial charge is 0.481 e. The predicted octanol–water partition coefficient (Wildman–Crippen LogP) is 3.16. The number of ether oxygens (including phenoxy) is 1. The highest BCUT2D eigenvalue weighted by Crippen LogP contribution is 2.20. The smallest absolute Gasteiger partial charge is 0.263 e. The van der Waals surface area contributed by atoms with Crippen LogP contribution in [0.3, 0.4) is 0 Å². The molecule has 132 valence electrons. The van der Waals surface area contributed by atoms with E-state index in [2.05, 4.69) is 16.0 Å². The summed E-state index contributed by atoms with van der Waals surface area (Å²) in [6.07, 6.45) is 1.29. The molecule has 2 heterocycles. The highest BCUT2D eigenvalue weighted by Gasteiger charge is 2.26. The van der Waals surface area contributed by atoms with Crippen LogP contribution in [0.5, 0.6) is 5.75 Å². The van der Waals surface area contributed by atoms with Crippen molar-refractivity contribution in [3.05, 3.63) is 53.3 Å². The number of hydrogen-bond donors (Lipinski definition) is 0. The maximum atomic E-state index is 12.6. The number of benzene rings is 1. The van der Waals surface area contributed by atoms with E-state index in [9.17, 15) is 4.79 Å². The molecular formula is C19H22ClN3O2. The van der Waals surface area contributed by atoms with E-state index in [0.29, 0.717) is 23.9 Å². The lowest BCUT2D eigenvalue weighted by Gasteiger charge is -2.37. The molecule has 5 nitrogen and oxygen atoms in total. The Balaban J connectivity index is 1.56. The van der Waals surface area contributed by atoms with Gasteiger partial charge in [0.15, 0.2) is 6.10 Å². The van der Waals surface area contributed by atoms with Crippen LogP contribution < -0.4 is 9.64 Å². The molecule has 1 amide bonds. The minimum atomic E-state index is -0.534. The molecule has 1 aromatic heterocycles. The van der Waals surface area contributed by atoms with E-state index < -0.39 is 6.10 Å². The van der Waals surface area contributed by atoms with Gasteiger partial charge in [-0.3, -0.25) is 9.78 Å². The summed E-state index contributed by atoms with van der Waals surface area (Å²) in [6.45, 7) is 6.74. The van der Waals surface area contributed by atoms with Crippen LogP contribution in [0.15, 0.2) is 42.6 Å². The average molecular weight is 360 g/mol. The fraction of sp³-hybridized carbons (Fsp3) is 0.368. The lowest BCUT2D eigenvalue weighted by Crippen LogP contribution is -2.52. The molecule has 1 saturated heterocycles. The molecule has 0 spiro atoms. The second-order valence-corrected chi connectivity index (χ2v) is 6.62. The molecule has 1 aliphatic heterocycles. The van der Waals surface area contributed by atoms with E-state index >= 15 is 0 Å². The fourth-order valence-corrected chi connectivity index (χ4v) is 3.14. The van der Waals surface area contributed by atoms with Gasteiger partial charge in [-0.15, -0.1) is 0 Å². The molecule has 6 heteroatoms. The number of piperazine rings is 1. The third-order valence-corrected chi connectivity index (χ3v) is 4.53. The summed E-state index contributed by atoms with van der Waals surface area (Å²) in [7, 11) is 0. The summed E-state index contributed by atoms with van der Waals surface area (Å²) in [5.74, 6) is 0.616. The van der Waals surface area contributed by atoms with E-state index in [0.717, 1.165) is 24.5 Å². The van der Waals surface area contributed by atoms with Crippen molar-refractivity contribution in [1.29, 1.82) is 0 Å². The number of hydrogen-bond acceptors (Lipinski definition) is 4. The SMILES string of the molecule is Cc1cc(N2CCN(C(=O)[C@H](C)Oc3cccc(Cl)c3)CC2)ccn1. The number of aryl methyl sites for hydroxylation is 1. The predicted molar refractivity (Wildman–Crippen MR) is 99.3 cm³/mol. The van der Waals surface area contributed by atoms with Crippen LogP contribution in [-0.4, -0.2) is 48.1 Å². The minimum Gasteiger partial charge on any atom is -0.481 e. The van der Waals surface area contributed by atoms with Crippen LogP contribution in [0.4, 0.5) is 5.69 Å². The van der Waals surface area contributed by atoms with Crippen LogP contribution >= 0.6 is 11.6 Å². The first-order valence-electron chi connectivity index (χ1n) is 8.41. The van der Waals surface area contributed by atoms with Gasteiger partial charge in [-0.1, -0.05) is 17.7 Å². The Bertz CT molecular complexity index is 745. The number of aromatic nitrogens is 1. The number of carbonyl (C=O) groups excluding carboxylic acids is 1. The van der Waals surface area contributed by atoms with Crippen molar-refractivity contribution in [3.63, 3.8) is 0 Å². The van der Waals surface area contributed by atoms with E-state index in [1.807, 2.05) is 30.2 Å². The molecule has 3 rings (SSSR count). The molecular weight excluding hydrogens is 338 g/mol. The monoisotopic (exact) mass is 359 g/mol. The molecule has 1 fully saturated rings. The number of amides is 1. The van der Waals surface area contributed by atoms with Gasteiger partial charge < -0.3 is 14.5 Å². The highest BCUT2D eigenvalue weighted by atomic mass is 35.5. The molecule has 0 aliphatic carbocycles. The summed E-state index contributed by atoms with van der Waals surface area (Å²) in [5.41, 5.74) is 2.15. The minimum absolute atomic E-state index is 0.00512. The van der Waals surface area contributed by atoms with Crippen LogP contribution in [0.2, 0.25) is 5.02 Å². The third-order valence-electron chi connectivity index (χ3n) is 4.29. The van der Waals surface area contributed by atoms with Crippen molar-refractivity contribution in [3.8, 4) is 5.75 Å². The molecule has 1 atom stereocenters. The van der Waals surface area contributed by atoms with Gasteiger partial charge in [-0.05, 0) is 44.2 Å². The zero-order chi connectivity index (χ0) is 17.8. The van der Waals surface area contributed by atoms with Crippen molar-refractivity contribution < 1.29 is 9.53 Å². The maximum Gasteiger partial charge on any atom is 0.263 e. The fourth-order valence-electron chi connectivity index (χ4n) is 2.96. The van der Waals surface area contributed by atoms with Crippen molar-refractivity contribution in [1.82, 2.24) is 9.88 Å². The first kappa shape index (κ1) is 17.5. The van der Waals surface area contributed by atoms with E-state index in [4.69, 9.17) is 16.3 Å². The quantitative estimate of drug-likeness (QED) is 0.841. The van der Waals surface area contributed by atoms with Crippen LogP contribution in [-0.2, 0) is 4.79 Å². The van der Waals surface area contributed by atoms with E-state index in [-0.39, 0.29) is 5.91 Å². The van der Waals surface area contributed by atoms with Crippen LogP contribution in [0.25, 0.3) is 0 Å². The number of rotatable bonds is 4. The number of pyridine rings is 1. The second kappa shape index (κ2) is 7.74. The number of anilines is 1. The standard InChI is InChI=1S/C19H22ClN3O2/c1-14-12-17(6-7-21-14)22-8-10-23(11-9-22)19(24)15(2)25-18-5-3-4-16(20)13-18/h3-7,12-13,15H,8-11H2,1-2H3/t15-/m0/s1. The molecule has 25 heavy (non-hydrogen) atoms. The summed E-state index contributed by atoms with van der Waals surface area (Å²) >= 11 is 5.96. The molecule has 0 bridgehead atoms. The molecule has 0 unspecified atom stereocenters. The summed E-state index contributed by atoms with van der Waals surface area (Å²) in [6, 6.07) is 11.2. The van der Waals surface area contributed by atoms with Crippen molar-refractivity contribution in [2.24, 2.45) is 0 Å². The van der Waals surface area contributed by atoms with E-state index in [1.165, 1.54) is 0 Å². The lowest BCUT2D eigenvalue weighted by atomic mass is 10.2. The van der Waals surface area contributed by atoms with Gasteiger partial charge in [-0.25, -0.2) is 0 Å². The third kappa shape index (κ3) is 4.42. The normalized spacial score (nSPS) is 15.8. The van der Waals surface area contributed by atoms with Gasteiger partial charge >= 0.3 is 0 Å². The van der Waals surface area contributed by atoms with Gasteiger partial charge in [0, 0.05) is 48.8 Å².